The fraction of sp³-hybridized carbons (Fsp3) is 0.190. The topological polar surface area (TPSA) is 93.2 Å². The van der Waals surface area contributed by atoms with Gasteiger partial charge >= 0.3 is 29.6 Å². The molecule has 2 aromatic carbocycles. The van der Waals surface area contributed by atoms with E-state index < -0.39 is 5.97 Å². The average molecular weight is 397 g/mol. The molecule has 2 N–H and O–H groups in total. The molecule has 0 radical (unpaired) electrons. The third-order valence-electron chi connectivity index (χ3n) is 4.58. The van der Waals surface area contributed by atoms with E-state index in [1.807, 2.05) is 65.6 Å². The van der Waals surface area contributed by atoms with Crippen molar-refractivity contribution in [1.82, 2.24) is 15.3 Å². The van der Waals surface area contributed by atoms with E-state index in [2.05, 4.69) is 20.6 Å². The number of carboxylic acids is 1. The molecule has 142 valence electrons. The molecule has 4 rings (SSSR count). The molecule has 2 heterocycles. The van der Waals surface area contributed by atoms with Crippen LogP contribution in [0.2, 0.25) is 0 Å². The molecule has 0 spiro atoms. The van der Waals surface area contributed by atoms with Gasteiger partial charge in [0.05, 0.1) is 11.5 Å². The van der Waals surface area contributed by atoms with Crippen molar-refractivity contribution in [2.75, 3.05) is 36.4 Å². The zero-order valence-corrected chi connectivity index (χ0v) is 18.3. The van der Waals surface area contributed by atoms with Crippen molar-refractivity contribution in [3.8, 4) is 11.4 Å². The van der Waals surface area contributed by atoms with E-state index in [1.165, 1.54) is 0 Å². The van der Waals surface area contributed by atoms with Gasteiger partial charge in [-0.2, -0.15) is 0 Å². The maximum atomic E-state index is 12.0. The SMILES string of the molecule is O=C([O-])c1c(Nc2ccccc2)nc(-c2ccccc2)nc1N1CCNCC1.[Na+]. The van der Waals surface area contributed by atoms with Crippen LogP contribution >= 0.6 is 0 Å². The van der Waals surface area contributed by atoms with Crippen LogP contribution in [0.1, 0.15) is 10.4 Å². The van der Waals surface area contributed by atoms with Gasteiger partial charge in [-0.25, -0.2) is 9.97 Å². The maximum absolute atomic E-state index is 12.0. The average Bonchev–Trinajstić information content (AvgIpc) is 2.75. The summed E-state index contributed by atoms with van der Waals surface area (Å²) in [6.07, 6.45) is 0. The number of aromatic carboxylic acids is 1. The van der Waals surface area contributed by atoms with Crippen molar-refractivity contribution in [2.24, 2.45) is 0 Å². The molecule has 7 nitrogen and oxygen atoms in total. The van der Waals surface area contributed by atoms with Crippen molar-refractivity contribution in [3.63, 3.8) is 0 Å². The minimum Gasteiger partial charge on any atom is -0.545 e. The molecule has 1 aliphatic rings. The van der Waals surface area contributed by atoms with Gasteiger partial charge in [-0.15, -0.1) is 0 Å². The van der Waals surface area contributed by atoms with E-state index in [0.717, 1.165) is 24.3 Å². The Morgan fingerprint density at radius 3 is 2.21 bits per heavy atom. The van der Waals surface area contributed by atoms with Gasteiger partial charge < -0.3 is 25.4 Å². The Balaban J connectivity index is 0.00000240. The molecule has 29 heavy (non-hydrogen) atoms. The minimum absolute atomic E-state index is 0. The van der Waals surface area contributed by atoms with Gasteiger partial charge in [-0.05, 0) is 12.1 Å². The summed E-state index contributed by atoms with van der Waals surface area (Å²) in [5, 5.41) is 18.4. The number of anilines is 3. The van der Waals surface area contributed by atoms with Crippen molar-refractivity contribution in [3.05, 3.63) is 66.2 Å². The van der Waals surface area contributed by atoms with E-state index in [-0.39, 0.29) is 40.9 Å². The third kappa shape index (κ3) is 4.94. The van der Waals surface area contributed by atoms with Gasteiger partial charge in [0.2, 0.25) is 0 Å². The van der Waals surface area contributed by atoms with E-state index in [0.29, 0.717) is 24.7 Å². The summed E-state index contributed by atoms with van der Waals surface area (Å²) in [4.78, 5) is 23.2. The Kier molecular flexibility index (Phi) is 7.22. The number of para-hydroxylation sites is 1. The number of carboxylic acid groups (broad SMARTS) is 1. The Morgan fingerprint density at radius 1 is 0.966 bits per heavy atom. The smallest absolute Gasteiger partial charge is 0.545 e. The molecule has 8 heteroatoms. The van der Waals surface area contributed by atoms with E-state index >= 15 is 0 Å². The molecular weight excluding hydrogens is 377 g/mol. The minimum atomic E-state index is -1.30. The van der Waals surface area contributed by atoms with Crippen LogP contribution in [0.15, 0.2) is 60.7 Å². The summed E-state index contributed by atoms with van der Waals surface area (Å²) < 4.78 is 0. The van der Waals surface area contributed by atoms with Crippen LogP contribution in [0, 0.1) is 0 Å². The Hall–Kier alpha value is -2.45. The van der Waals surface area contributed by atoms with Gasteiger partial charge in [0, 0.05) is 37.4 Å². The quantitative estimate of drug-likeness (QED) is 0.515. The first-order valence-electron chi connectivity index (χ1n) is 9.19. The van der Waals surface area contributed by atoms with Crippen LogP contribution in [0.4, 0.5) is 17.3 Å². The second kappa shape index (κ2) is 9.84. The number of hydrogen-bond acceptors (Lipinski definition) is 7. The standard InChI is InChI=1S/C21H21N5O2.Na/c27-21(28)17-19(23-16-9-5-2-6-10-16)24-18(15-7-3-1-4-8-15)25-20(17)26-13-11-22-12-14-26;/h1-10,22H,11-14H2,(H,27,28)(H,23,24,25);/q;+1/p-1. The van der Waals surface area contributed by atoms with Crippen LogP contribution in [-0.2, 0) is 0 Å². The summed E-state index contributed by atoms with van der Waals surface area (Å²) in [6.45, 7) is 2.85. The third-order valence-corrected chi connectivity index (χ3v) is 4.58. The molecule has 1 aromatic heterocycles. The van der Waals surface area contributed by atoms with Crippen LogP contribution in [0.5, 0.6) is 0 Å². The largest absolute Gasteiger partial charge is 1.00 e. The number of carbonyl (C=O) groups is 1. The fourth-order valence-corrected chi connectivity index (χ4v) is 3.21. The molecule has 0 saturated carbocycles. The molecule has 0 aliphatic carbocycles. The summed E-state index contributed by atoms with van der Waals surface area (Å²) in [5.74, 6) is -0.216. The number of nitrogens with one attached hydrogen (secondary N) is 2. The molecule has 3 aromatic rings. The van der Waals surface area contributed by atoms with Gasteiger partial charge in [0.1, 0.15) is 11.6 Å². The normalized spacial score (nSPS) is 13.4. The molecule has 0 amide bonds. The number of piperazine rings is 1. The Morgan fingerprint density at radius 2 is 1.59 bits per heavy atom. The predicted molar refractivity (Wildman–Crippen MR) is 107 cm³/mol. The number of hydrogen-bond donors (Lipinski definition) is 2. The molecular formula is C21H20N5NaO2. The zero-order chi connectivity index (χ0) is 19.3. The van der Waals surface area contributed by atoms with E-state index in [4.69, 9.17) is 0 Å². The number of aromatic nitrogens is 2. The van der Waals surface area contributed by atoms with Gasteiger partial charge in [-0.3, -0.25) is 0 Å². The summed E-state index contributed by atoms with van der Waals surface area (Å²) in [6, 6.07) is 18.9. The maximum Gasteiger partial charge on any atom is 1.00 e. The molecule has 0 bridgehead atoms. The number of rotatable bonds is 5. The van der Waals surface area contributed by atoms with Crippen molar-refractivity contribution in [2.45, 2.75) is 0 Å². The second-order valence-electron chi connectivity index (χ2n) is 6.48. The van der Waals surface area contributed by atoms with E-state index in [1.54, 1.807) is 0 Å². The molecule has 1 saturated heterocycles. The van der Waals surface area contributed by atoms with Gasteiger partial charge in [-0.1, -0.05) is 48.5 Å². The predicted octanol–water partition coefficient (Wildman–Crippen LogP) is -1.34. The molecule has 1 aliphatic heterocycles. The second-order valence-corrected chi connectivity index (χ2v) is 6.48. The van der Waals surface area contributed by atoms with Crippen LogP contribution < -0.4 is 50.2 Å². The Bertz CT molecular complexity index is 964. The zero-order valence-electron chi connectivity index (χ0n) is 16.3. The van der Waals surface area contributed by atoms with Crippen LogP contribution in [0.25, 0.3) is 11.4 Å². The van der Waals surface area contributed by atoms with Crippen molar-refractivity contribution >= 4 is 23.3 Å². The van der Waals surface area contributed by atoms with Gasteiger partial charge in [0.25, 0.3) is 0 Å². The van der Waals surface area contributed by atoms with Gasteiger partial charge in [0.15, 0.2) is 5.82 Å². The Labute approximate surface area is 191 Å². The van der Waals surface area contributed by atoms with Crippen LogP contribution in [0.3, 0.4) is 0 Å². The number of carbonyl (C=O) groups excluding carboxylic acids is 1. The molecule has 0 unspecified atom stereocenters. The molecule has 1 fully saturated rings. The number of benzene rings is 2. The monoisotopic (exact) mass is 397 g/mol. The fourth-order valence-electron chi connectivity index (χ4n) is 3.21. The first-order chi connectivity index (χ1) is 13.7. The van der Waals surface area contributed by atoms with E-state index in [9.17, 15) is 9.90 Å². The summed E-state index contributed by atoms with van der Waals surface area (Å²) in [5.41, 5.74) is 1.54. The summed E-state index contributed by atoms with van der Waals surface area (Å²) >= 11 is 0. The van der Waals surface area contributed by atoms with Crippen molar-refractivity contribution < 1.29 is 39.5 Å². The first-order valence-corrected chi connectivity index (χ1v) is 9.19. The number of nitrogens with zero attached hydrogens (tertiary/aromatic N) is 3. The summed E-state index contributed by atoms with van der Waals surface area (Å²) in [7, 11) is 0. The van der Waals surface area contributed by atoms with Crippen LogP contribution in [-0.4, -0.2) is 42.1 Å². The first kappa shape index (κ1) is 21.3. The van der Waals surface area contributed by atoms with Crippen molar-refractivity contribution in [1.29, 1.82) is 0 Å². The molecule has 0 atom stereocenters.